The lowest BCUT2D eigenvalue weighted by Gasteiger charge is -2.21. The van der Waals surface area contributed by atoms with Gasteiger partial charge < -0.3 is 32.3 Å². The van der Waals surface area contributed by atoms with Crippen molar-refractivity contribution in [2.45, 2.75) is 44.5 Å². The second kappa shape index (κ2) is 9.36. The van der Waals surface area contributed by atoms with Crippen LogP contribution in [0.2, 0.25) is 0 Å². The Morgan fingerprint density at radius 1 is 1.24 bits per heavy atom. The fraction of sp³-hybridized carbons (Fsp3) is 0.615. The molecule has 0 saturated heterocycles. The molecule has 0 saturated carbocycles. The first kappa shape index (κ1) is 20.9. The van der Waals surface area contributed by atoms with Gasteiger partial charge in [-0.15, -0.1) is 10.2 Å². The SMILES string of the molecule is CC(=O)[C@@H](NC(=O)N[C@@H](CC(N)=O)c1nnc([C@@H](N)CO)s1)C(C)O. The summed E-state index contributed by atoms with van der Waals surface area (Å²) in [6.07, 6.45) is -1.34. The molecular formula is C13H22N6O5S. The molecule has 8 N–H and O–H groups in total. The highest BCUT2D eigenvalue weighted by Gasteiger charge is 2.26. The molecule has 0 aliphatic rings. The minimum absolute atomic E-state index is 0.254. The number of hydrogen-bond acceptors (Lipinski definition) is 9. The number of Topliss-reactive ketones (excluding diaryl/α,β-unsaturated/α-hetero) is 1. The lowest BCUT2D eigenvalue weighted by atomic mass is 10.1. The molecular weight excluding hydrogens is 352 g/mol. The van der Waals surface area contributed by atoms with Gasteiger partial charge in [-0.1, -0.05) is 11.3 Å². The standard InChI is InChI=1S/C13H22N6O5S/c1-5(21)10(6(2)22)17-13(24)16-8(3-9(15)23)12-19-18-11(25-12)7(14)4-20/h5,7-8,10,20-21H,3-4,14H2,1-2H3,(H2,15,23)(H2,16,17,24)/t5?,7-,8-,10-/m0/s1. The Hall–Kier alpha value is -2.15. The minimum Gasteiger partial charge on any atom is -0.394 e. The van der Waals surface area contributed by atoms with Gasteiger partial charge in [0.25, 0.3) is 0 Å². The number of nitrogens with one attached hydrogen (secondary N) is 2. The zero-order valence-electron chi connectivity index (χ0n) is 13.8. The van der Waals surface area contributed by atoms with E-state index in [0.29, 0.717) is 5.01 Å². The summed E-state index contributed by atoms with van der Waals surface area (Å²) in [6, 6.07) is -3.50. The maximum Gasteiger partial charge on any atom is 0.316 e. The molecule has 3 amide bonds. The summed E-state index contributed by atoms with van der Waals surface area (Å²) in [5.74, 6) is -1.11. The molecule has 0 radical (unpaired) electrons. The summed E-state index contributed by atoms with van der Waals surface area (Å²) in [7, 11) is 0. The zero-order chi connectivity index (χ0) is 19.1. The monoisotopic (exact) mass is 374 g/mol. The normalized spacial score (nSPS) is 15.7. The van der Waals surface area contributed by atoms with Crippen LogP contribution in [0.1, 0.15) is 42.4 Å². The van der Waals surface area contributed by atoms with Crippen LogP contribution in [0.5, 0.6) is 0 Å². The Morgan fingerprint density at radius 2 is 1.84 bits per heavy atom. The molecule has 0 bridgehead atoms. The first-order valence-corrected chi connectivity index (χ1v) is 8.20. The van der Waals surface area contributed by atoms with Gasteiger partial charge in [-0.25, -0.2) is 4.79 Å². The van der Waals surface area contributed by atoms with Gasteiger partial charge in [-0.05, 0) is 13.8 Å². The number of amides is 3. The van der Waals surface area contributed by atoms with Gasteiger partial charge in [0.1, 0.15) is 16.1 Å². The molecule has 11 nitrogen and oxygen atoms in total. The molecule has 140 valence electrons. The topological polar surface area (TPSA) is 194 Å². The molecule has 1 heterocycles. The Kier molecular flexibility index (Phi) is 7.83. The van der Waals surface area contributed by atoms with Crippen molar-refractivity contribution in [1.29, 1.82) is 0 Å². The number of urea groups is 1. The molecule has 4 atom stereocenters. The van der Waals surface area contributed by atoms with E-state index < -0.39 is 42.0 Å². The van der Waals surface area contributed by atoms with Crippen molar-refractivity contribution in [2.75, 3.05) is 6.61 Å². The van der Waals surface area contributed by atoms with Crippen LogP contribution in [0.15, 0.2) is 0 Å². The molecule has 12 heteroatoms. The fourth-order valence-corrected chi connectivity index (χ4v) is 2.81. The number of primary amides is 1. The number of carbonyl (C=O) groups is 3. The third kappa shape index (κ3) is 6.34. The number of nitrogens with two attached hydrogens (primary N) is 2. The van der Waals surface area contributed by atoms with E-state index >= 15 is 0 Å². The molecule has 1 unspecified atom stereocenters. The number of aliphatic hydroxyl groups excluding tert-OH is 2. The van der Waals surface area contributed by atoms with Crippen molar-refractivity contribution in [3.8, 4) is 0 Å². The van der Waals surface area contributed by atoms with E-state index in [1.807, 2.05) is 0 Å². The summed E-state index contributed by atoms with van der Waals surface area (Å²) in [5, 5.41) is 31.6. The van der Waals surface area contributed by atoms with Gasteiger partial charge >= 0.3 is 6.03 Å². The Morgan fingerprint density at radius 3 is 2.32 bits per heavy atom. The Balaban J connectivity index is 2.89. The van der Waals surface area contributed by atoms with E-state index in [2.05, 4.69) is 20.8 Å². The fourth-order valence-electron chi connectivity index (χ4n) is 1.92. The van der Waals surface area contributed by atoms with Crippen molar-refractivity contribution in [1.82, 2.24) is 20.8 Å². The summed E-state index contributed by atoms with van der Waals surface area (Å²) < 4.78 is 0. The maximum atomic E-state index is 12.1. The first-order valence-electron chi connectivity index (χ1n) is 7.39. The van der Waals surface area contributed by atoms with Crippen molar-refractivity contribution < 1.29 is 24.6 Å². The lowest BCUT2D eigenvalue weighted by molar-refractivity contribution is -0.121. The van der Waals surface area contributed by atoms with E-state index in [1.54, 1.807) is 0 Å². The molecule has 1 rings (SSSR count). The van der Waals surface area contributed by atoms with Crippen LogP contribution < -0.4 is 22.1 Å². The summed E-state index contributed by atoms with van der Waals surface area (Å²) in [6.45, 7) is 2.25. The van der Waals surface area contributed by atoms with Crippen LogP contribution in [-0.4, -0.2) is 56.9 Å². The van der Waals surface area contributed by atoms with Crippen LogP contribution in [0, 0.1) is 0 Å². The molecule has 0 aliphatic carbocycles. The Bertz CT molecular complexity index is 622. The highest BCUT2D eigenvalue weighted by Crippen LogP contribution is 2.23. The van der Waals surface area contributed by atoms with Crippen molar-refractivity contribution in [3.05, 3.63) is 10.0 Å². The van der Waals surface area contributed by atoms with Gasteiger partial charge in [0.2, 0.25) is 5.91 Å². The molecule has 1 aromatic rings. The van der Waals surface area contributed by atoms with Crippen LogP contribution in [0.4, 0.5) is 4.79 Å². The number of nitrogens with zero attached hydrogens (tertiary/aromatic N) is 2. The highest BCUT2D eigenvalue weighted by molar-refractivity contribution is 7.11. The molecule has 1 aromatic heterocycles. The van der Waals surface area contributed by atoms with Gasteiger partial charge in [-0.2, -0.15) is 0 Å². The van der Waals surface area contributed by atoms with E-state index in [9.17, 15) is 19.5 Å². The smallest absolute Gasteiger partial charge is 0.316 e. The second-order valence-electron chi connectivity index (χ2n) is 5.44. The number of carbonyl (C=O) groups excluding carboxylic acids is 3. The van der Waals surface area contributed by atoms with Crippen LogP contribution in [-0.2, 0) is 9.59 Å². The van der Waals surface area contributed by atoms with Crippen molar-refractivity contribution >= 4 is 29.1 Å². The van der Waals surface area contributed by atoms with Gasteiger partial charge in [0.05, 0.1) is 31.2 Å². The quantitative estimate of drug-likeness (QED) is 0.288. The summed E-state index contributed by atoms with van der Waals surface area (Å²) >= 11 is 1.02. The minimum atomic E-state index is -1.10. The first-order chi connectivity index (χ1) is 11.6. The maximum absolute atomic E-state index is 12.1. The molecule has 0 spiro atoms. The van der Waals surface area contributed by atoms with E-state index in [0.717, 1.165) is 11.3 Å². The zero-order valence-corrected chi connectivity index (χ0v) is 14.6. The van der Waals surface area contributed by atoms with Crippen LogP contribution >= 0.6 is 11.3 Å². The van der Waals surface area contributed by atoms with E-state index in [4.69, 9.17) is 16.6 Å². The number of aliphatic hydroxyl groups is 2. The Labute approximate surface area is 147 Å². The van der Waals surface area contributed by atoms with Gasteiger partial charge in [-0.3, -0.25) is 9.59 Å². The van der Waals surface area contributed by atoms with Crippen molar-refractivity contribution in [3.63, 3.8) is 0 Å². The lowest BCUT2D eigenvalue weighted by Crippen LogP contribution is -2.51. The van der Waals surface area contributed by atoms with Gasteiger partial charge in [0.15, 0.2) is 5.78 Å². The molecule has 0 aromatic carbocycles. The molecule has 25 heavy (non-hydrogen) atoms. The summed E-state index contributed by atoms with van der Waals surface area (Å²) in [4.78, 5) is 34.8. The summed E-state index contributed by atoms with van der Waals surface area (Å²) in [5.41, 5.74) is 10.8. The highest BCUT2D eigenvalue weighted by atomic mass is 32.1. The number of rotatable bonds is 9. The third-order valence-electron chi connectivity index (χ3n) is 3.19. The van der Waals surface area contributed by atoms with E-state index in [-0.39, 0.29) is 18.0 Å². The average Bonchev–Trinajstić information content (AvgIpc) is 3.00. The number of ketones is 1. The molecule has 0 aliphatic heterocycles. The van der Waals surface area contributed by atoms with E-state index in [1.165, 1.54) is 13.8 Å². The van der Waals surface area contributed by atoms with Crippen LogP contribution in [0.3, 0.4) is 0 Å². The predicted molar refractivity (Wildman–Crippen MR) is 88.3 cm³/mol. The second-order valence-corrected chi connectivity index (χ2v) is 6.48. The largest absolute Gasteiger partial charge is 0.394 e. The molecule has 0 fully saturated rings. The van der Waals surface area contributed by atoms with Crippen molar-refractivity contribution in [2.24, 2.45) is 11.5 Å². The predicted octanol–water partition coefficient (Wildman–Crippen LogP) is -1.92. The third-order valence-corrected chi connectivity index (χ3v) is 4.35. The average molecular weight is 374 g/mol. The number of hydrogen-bond donors (Lipinski definition) is 6. The van der Waals surface area contributed by atoms with Gasteiger partial charge in [0, 0.05) is 0 Å². The van der Waals surface area contributed by atoms with Crippen LogP contribution in [0.25, 0.3) is 0 Å². The number of aromatic nitrogens is 2.